The summed E-state index contributed by atoms with van der Waals surface area (Å²) in [5.41, 5.74) is 5.16. The Morgan fingerprint density at radius 2 is 2.00 bits per heavy atom. The van der Waals surface area contributed by atoms with E-state index in [-0.39, 0.29) is 18.1 Å². The van der Waals surface area contributed by atoms with E-state index < -0.39 is 17.6 Å². The molecule has 1 heterocycles. The first kappa shape index (κ1) is 13.4. The Morgan fingerprint density at radius 3 is 2.53 bits per heavy atom. The zero-order valence-electron chi connectivity index (χ0n) is 10.0. The highest BCUT2D eigenvalue weighted by molar-refractivity contribution is 5.33. The van der Waals surface area contributed by atoms with Gasteiger partial charge in [0.1, 0.15) is 5.82 Å². The molecule has 0 aliphatic rings. The van der Waals surface area contributed by atoms with Gasteiger partial charge in [-0.25, -0.2) is 9.37 Å². The van der Waals surface area contributed by atoms with Crippen molar-refractivity contribution in [3.63, 3.8) is 0 Å². The Hall–Kier alpha value is -2.05. The molecule has 3 nitrogen and oxygen atoms in total. The van der Waals surface area contributed by atoms with Crippen molar-refractivity contribution in [1.29, 1.82) is 0 Å². The number of nitrogens with two attached hydrogens (primary N) is 1. The number of nitrogens with zero attached hydrogens (tertiary/aromatic N) is 2. The smallest absolute Gasteiger partial charge is 0.369 e. The fourth-order valence-electron chi connectivity index (χ4n) is 1.81. The number of imidazole rings is 1. The van der Waals surface area contributed by atoms with Crippen molar-refractivity contribution in [3.05, 3.63) is 47.0 Å². The van der Waals surface area contributed by atoms with Crippen LogP contribution in [0.2, 0.25) is 0 Å². The number of alkyl halides is 3. The number of anilines is 1. The topological polar surface area (TPSA) is 43.8 Å². The fraction of sp³-hybridized carbons (Fsp3) is 0.250. The van der Waals surface area contributed by atoms with E-state index in [9.17, 15) is 17.6 Å². The fourth-order valence-corrected chi connectivity index (χ4v) is 1.81. The normalized spacial score (nSPS) is 11.8. The van der Waals surface area contributed by atoms with Crippen LogP contribution < -0.4 is 5.73 Å². The summed E-state index contributed by atoms with van der Waals surface area (Å²) in [4.78, 5) is 3.81. The van der Waals surface area contributed by atoms with Crippen LogP contribution in [0.25, 0.3) is 0 Å². The van der Waals surface area contributed by atoms with E-state index >= 15 is 0 Å². The average molecular weight is 273 g/mol. The third-order valence-corrected chi connectivity index (χ3v) is 2.79. The van der Waals surface area contributed by atoms with E-state index in [1.165, 1.54) is 10.8 Å². The predicted octanol–water partition coefficient (Wildman–Crippen LogP) is 2.98. The highest BCUT2D eigenvalue weighted by Crippen LogP contribution is 2.33. The highest BCUT2D eigenvalue weighted by atomic mass is 19.4. The van der Waals surface area contributed by atoms with Crippen molar-refractivity contribution < 1.29 is 17.6 Å². The van der Waals surface area contributed by atoms with Crippen molar-refractivity contribution >= 4 is 5.95 Å². The lowest BCUT2D eigenvalue weighted by Crippen LogP contribution is -2.14. The van der Waals surface area contributed by atoms with Crippen LogP contribution in [0.4, 0.5) is 23.5 Å². The first-order valence-electron chi connectivity index (χ1n) is 5.42. The highest BCUT2D eigenvalue weighted by Gasteiger charge is 2.33. The van der Waals surface area contributed by atoms with Crippen LogP contribution in [-0.2, 0) is 12.7 Å². The monoisotopic (exact) mass is 273 g/mol. The van der Waals surface area contributed by atoms with Gasteiger partial charge in [0.15, 0.2) is 0 Å². The van der Waals surface area contributed by atoms with Gasteiger partial charge < -0.3 is 10.3 Å². The standard InChI is InChI=1S/C12H11F4N3/c1-7-5-18-11(17)19(7)6-8-2-3-9(13)4-10(8)12(14,15)16/h2-5H,6H2,1H3,(H2,17,18). The Morgan fingerprint density at radius 1 is 1.32 bits per heavy atom. The summed E-state index contributed by atoms with van der Waals surface area (Å²) in [5.74, 6) is -0.804. The SMILES string of the molecule is Cc1cnc(N)n1Cc1ccc(F)cc1C(F)(F)F. The minimum Gasteiger partial charge on any atom is -0.369 e. The zero-order chi connectivity index (χ0) is 14.2. The lowest BCUT2D eigenvalue weighted by molar-refractivity contribution is -0.138. The van der Waals surface area contributed by atoms with Crippen LogP contribution in [0.1, 0.15) is 16.8 Å². The minimum absolute atomic E-state index is 0.0540. The van der Waals surface area contributed by atoms with E-state index in [0.29, 0.717) is 11.8 Å². The number of hydrogen-bond acceptors (Lipinski definition) is 2. The molecule has 2 aromatic rings. The van der Waals surface area contributed by atoms with Gasteiger partial charge in [0, 0.05) is 5.69 Å². The molecule has 0 atom stereocenters. The summed E-state index contributed by atoms with van der Waals surface area (Å²) < 4.78 is 52.9. The molecule has 2 N–H and O–H groups in total. The van der Waals surface area contributed by atoms with Gasteiger partial charge in [0.05, 0.1) is 18.3 Å². The molecule has 7 heteroatoms. The average Bonchev–Trinajstić information content (AvgIpc) is 2.61. The second kappa shape index (κ2) is 4.56. The number of aryl methyl sites for hydroxylation is 1. The molecule has 0 saturated carbocycles. The molecule has 0 radical (unpaired) electrons. The maximum absolute atomic E-state index is 13.0. The molecule has 0 unspecified atom stereocenters. The molecule has 0 saturated heterocycles. The largest absolute Gasteiger partial charge is 0.416 e. The molecule has 0 bridgehead atoms. The maximum atomic E-state index is 13.0. The van der Waals surface area contributed by atoms with E-state index in [2.05, 4.69) is 4.98 Å². The third-order valence-electron chi connectivity index (χ3n) is 2.79. The minimum atomic E-state index is -4.61. The van der Waals surface area contributed by atoms with Gasteiger partial charge in [-0.1, -0.05) is 6.07 Å². The van der Waals surface area contributed by atoms with Crippen molar-refractivity contribution in [2.45, 2.75) is 19.6 Å². The van der Waals surface area contributed by atoms with Gasteiger partial charge >= 0.3 is 6.18 Å². The summed E-state index contributed by atoms with van der Waals surface area (Å²) >= 11 is 0. The quantitative estimate of drug-likeness (QED) is 0.855. The van der Waals surface area contributed by atoms with Gasteiger partial charge in [-0.2, -0.15) is 13.2 Å². The van der Waals surface area contributed by atoms with Crippen LogP contribution in [-0.4, -0.2) is 9.55 Å². The first-order chi connectivity index (χ1) is 8.79. The maximum Gasteiger partial charge on any atom is 0.416 e. The molecule has 0 spiro atoms. The van der Waals surface area contributed by atoms with Crippen molar-refractivity contribution in [3.8, 4) is 0 Å². The Kier molecular flexibility index (Phi) is 3.21. The summed E-state index contributed by atoms with van der Waals surface area (Å²) in [6.45, 7) is 1.58. The van der Waals surface area contributed by atoms with Crippen molar-refractivity contribution in [1.82, 2.24) is 9.55 Å². The Bertz CT molecular complexity index is 582. The number of rotatable bonds is 2. The first-order valence-corrected chi connectivity index (χ1v) is 5.42. The van der Waals surface area contributed by atoms with Crippen LogP contribution >= 0.6 is 0 Å². The molecule has 102 valence electrons. The van der Waals surface area contributed by atoms with Crippen molar-refractivity contribution in [2.24, 2.45) is 0 Å². The molecule has 0 aliphatic carbocycles. The number of hydrogen-bond donors (Lipinski definition) is 1. The Labute approximate surface area is 106 Å². The summed E-state index contributed by atoms with van der Waals surface area (Å²) in [5, 5.41) is 0. The molecule has 19 heavy (non-hydrogen) atoms. The molecule has 1 aromatic heterocycles. The van der Waals surface area contributed by atoms with Crippen LogP contribution in [0.5, 0.6) is 0 Å². The Balaban J connectivity index is 2.46. The molecule has 2 rings (SSSR count). The molecule has 0 aliphatic heterocycles. The number of nitrogen functional groups attached to an aromatic ring is 1. The second-order valence-corrected chi connectivity index (χ2v) is 4.14. The lowest BCUT2D eigenvalue weighted by atomic mass is 10.1. The van der Waals surface area contributed by atoms with Gasteiger partial charge in [0.2, 0.25) is 5.95 Å². The second-order valence-electron chi connectivity index (χ2n) is 4.14. The molecule has 0 amide bonds. The van der Waals surface area contributed by atoms with Crippen LogP contribution in [0.15, 0.2) is 24.4 Å². The van der Waals surface area contributed by atoms with Gasteiger partial charge in [-0.05, 0) is 24.6 Å². The number of benzene rings is 1. The number of aromatic nitrogens is 2. The molecular weight excluding hydrogens is 262 g/mol. The summed E-state index contributed by atoms with van der Waals surface area (Å²) in [6.07, 6.45) is -3.15. The lowest BCUT2D eigenvalue weighted by Gasteiger charge is -2.14. The number of halogens is 4. The van der Waals surface area contributed by atoms with Crippen LogP contribution in [0.3, 0.4) is 0 Å². The molecule has 1 aromatic carbocycles. The van der Waals surface area contributed by atoms with Crippen molar-refractivity contribution in [2.75, 3.05) is 5.73 Å². The van der Waals surface area contributed by atoms with Gasteiger partial charge in [-0.3, -0.25) is 0 Å². The predicted molar refractivity (Wildman–Crippen MR) is 61.9 cm³/mol. The third kappa shape index (κ3) is 2.69. The van der Waals surface area contributed by atoms with Gasteiger partial charge in [-0.15, -0.1) is 0 Å². The van der Waals surface area contributed by atoms with Crippen LogP contribution in [0, 0.1) is 12.7 Å². The van der Waals surface area contributed by atoms with E-state index in [1.54, 1.807) is 6.92 Å². The molecule has 0 fully saturated rings. The molecular formula is C12H11F4N3. The summed E-state index contributed by atoms with van der Waals surface area (Å²) in [7, 11) is 0. The van der Waals surface area contributed by atoms with E-state index in [0.717, 1.165) is 12.1 Å². The van der Waals surface area contributed by atoms with E-state index in [1.807, 2.05) is 0 Å². The van der Waals surface area contributed by atoms with Gasteiger partial charge in [0.25, 0.3) is 0 Å². The zero-order valence-corrected chi connectivity index (χ0v) is 10.0. The van der Waals surface area contributed by atoms with E-state index in [4.69, 9.17) is 5.73 Å². The summed E-state index contributed by atoms with van der Waals surface area (Å²) in [6, 6.07) is 2.59.